The van der Waals surface area contributed by atoms with Gasteiger partial charge in [-0.15, -0.1) is 0 Å². The van der Waals surface area contributed by atoms with Gasteiger partial charge < -0.3 is 19.5 Å². The summed E-state index contributed by atoms with van der Waals surface area (Å²) in [7, 11) is 2.39. The van der Waals surface area contributed by atoms with Crippen molar-refractivity contribution < 1.29 is 28.6 Å². The largest absolute Gasteiger partial charge is 0.469 e. The Morgan fingerprint density at radius 2 is 1.70 bits per heavy atom. The van der Waals surface area contributed by atoms with Crippen LogP contribution in [0.4, 0.5) is 4.79 Å². The van der Waals surface area contributed by atoms with Gasteiger partial charge in [0, 0.05) is 6.42 Å². The molecular weight excluding hydrogens is 304 g/mol. The third-order valence-corrected chi connectivity index (χ3v) is 2.84. The fourth-order valence-electron chi connectivity index (χ4n) is 1.83. The van der Waals surface area contributed by atoms with Crippen molar-refractivity contribution in [1.29, 1.82) is 5.26 Å². The number of amides is 1. The lowest BCUT2D eigenvalue weighted by atomic mass is 9.95. The Kier molecular flexibility index (Phi) is 8.70. The third kappa shape index (κ3) is 8.66. The highest BCUT2D eigenvalue weighted by Gasteiger charge is 2.31. The Labute approximate surface area is 136 Å². The number of nitrogens with one attached hydrogen (secondary N) is 1. The van der Waals surface area contributed by atoms with Crippen LogP contribution >= 0.6 is 0 Å². The van der Waals surface area contributed by atoms with E-state index < -0.39 is 35.6 Å². The predicted octanol–water partition coefficient (Wildman–Crippen LogP) is 1.54. The van der Waals surface area contributed by atoms with E-state index in [0.717, 1.165) is 0 Å². The van der Waals surface area contributed by atoms with Crippen molar-refractivity contribution in [3.63, 3.8) is 0 Å². The molecule has 0 rings (SSSR count). The average molecular weight is 328 g/mol. The molecule has 0 aromatic rings. The van der Waals surface area contributed by atoms with Gasteiger partial charge in [-0.2, -0.15) is 5.26 Å². The Morgan fingerprint density at radius 3 is 2.13 bits per heavy atom. The van der Waals surface area contributed by atoms with Crippen LogP contribution < -0.4 is 5.32 Å². The zero-order valence-corrected chi connectivity index (χ0v) is 14.2. The van der Waals surface area contributed by atoms with Crippen molar-refractivity contribution in [2.24, 2.45) is 5.92 Å². The van der Waals surface area contributed by atoms with Crippen molar-refractivity contribution >= 4 is 18.0 Å². The molecule has 1 amide bonds. The van der Waals surface area contributed by atoms with Gasteiger partial charge in [0.1, 0.15) is 11.6 Å². The van der Waals surface area contributed by atoms with Crippen molar-refractivity contribution in [2.45, 2.75) is 51.7 Å². The number of nitriles is 1. The molecule has 8 nitrogen and oxygen atoms in total. The highest BCUT2D eigenvalue weighted by Crippen LogP contribution is 2.17. The SMILES string of the molecule is COC(=O)C(CCC#N)CC(NC(=O)OC(C)(C)C)C(=O)OC. The lowest BCUT2D eigenvalue weighted by molar-refractivity contribution is -0.148. The van der Waals surface area contributed by atoms with Crippen LogP contribution in [0.5, 0.6) is 0 Å². The summed E-state index contributed by atoms with van der Waals surface area (Å²) >= 11 is 0. The van der Waals surface area contributed by atoms with Crippen LogP contribution in [0.15, 0.2) is 0 Å². The molecule has 130 valence electrons. The van der Waals surface area contributed by atoms with E-state index in [1.807, 2.05) is 6.07 Å². The topological polar surface area (TPSA) is 115 Å². The molecule has 0 aliphatic heterocycles. The molecule has 0 saturated carbocycles. The van der Waals surface area contributed by atoms with Gasteiger partial charge in [-0.05, 0) is 33.6 Å². The zero-order chi connectivity index (χ0) is 18.0. The highest BCUT2D eigenvalue weighted by molar-refractivity contribution is 5.82. The van der Waals surface area contributed by atoms with Gasteiger partial charge in [-0.3, -0.25) is 4.79 Å². The Balaban J connectivity index is 5.00. The Bertz CT molecular complexity index is 464. The summed E-state index contributed by atoms with van der Waals surface area (Å²) in [6, 6.07) is 0.858. The fourth-order valence-corrected chi connectivity index (χ4v) is 1.83. The molecular formula is C15H24N2O6. The van der Waals surface area contributed by atoms with Gasteiger partial charge in [0.05, 0.1) is 26.2 Å². The summed E-state index contributed by atoms with van der Waals surface area (Å²) in [5.41, 5.74) is -0.729. The maximum atomic E-state index is 11.8. The first kappa shape index (κ1) is 20.7. The molecule has 0 aliphatic carbocycles. The summed E-state index contributed by atoms with van der Waals surface area (Å²) in [4.78, 5) is 35.4. The average Bonchev–Trinajstić information content (AvgIpc) is 2.46. The molecule has 0 heterocycles. The van der Waals surface area contributed by atoms with Gasteiger partial charge in [-0.1, -0.05) is 0 Å². The number of carbonyl (C=O) groups excluding carboxylic acids is 3. The quantitative estimate of drug-likeness (QED) is 0.556. The monoisotopic (exact) mass is 328 g/mol. The third-order valence-electron chi connectivity index (χ3n) is 2.84. The van der Waals surface area contributed by atoms with E-state index in [9.17, 15) is 14.4 Å². The maximum absolute atomic E-state index is 11.8. The van der Waals surface area contributed by atoms with Crippen LogP contribution in [0, 0.1) is 17.2 Å². The number of hydrogen-bond donors (Lipinski definition) is 1. The first-order chi connectivity index (χ1) is 10.6. The number of esters is 2. The molecule has 0 radical (unpaired) electrons. The Hall–Kier alpha value is -2.30. The summed E-state index contributed by atoms with van der Waals surface area (Å²) in [6.45, 7) is 5.05. The molecule has 0 fully saturated rings. The van der Waals surface area contributed by atoms with Gasteiger partial charge in [0.25, 0.3) is 0 Å². The van der Waals surface area contributed by atoms with Crippen LogP contribution in [-0.2, 0) is 23.8 Å². The number of ether oxygens (including phenoxy) is 3. The van der Waals surface area contributed by atoms with Crippen LogP contribution in [-0.4, -0.2) is 43.9 Å². The van der Waals surface area contributed by atoms with E-state index in [4.69, 9.17) is 10.00 Å². The van der Waals surface area contributed by atoms with E-state index in [1.54, 1.807) is 20.8 Å². The molecule has 23 heavy (non-hydrogen) atoms. The molecule has 2 unspecified atom stereocenters. The minimum Gasteiger partial charge on any atom is -0.469 e. The molecule has 2 atom stereocenters. The van der Waals surface area contributed by atoms with Gasteiger partial charge in [-0.25, -0.2) is 9.59 Å². The molecule has 8 heteroatoms. The molecule has 0 aromatic heterocycles. The number of methoxy groups -OCH3 is 2. The summed E-state index contributed by atoms with van der Waals surface area (Å²) in [5, 5.41) is 11.0. The number of rotatable bonds is 7. The van der Waals surface area contributed by atoms with Crippen molar-refractivity contribution in [1.82, 2.24) is 5.32 Å². The molecule has 0 aliphatic rings. The van der Waals surface area contributed by atoms with Crippen molar-refractivity contribution in [3.8, 4) is 6.07 Å². The Morgan fingerprint density at radius 1 is 1.13 bits per heavy atom. The summed E-state index contributed by atoms with van der Waals surface area (Å²) in [6.07, 6.45) is -0.496. The lowest BCUT2D eigenvalue weighted by Crippen LogP contribution is -2.45. The number of nitrogens with zero attached hydrogens (tertiary/aromatic N) is 1. The van der Waals surface area contributed by atoms with Gasteiger partial charge >= 0.3 is 18.0 Å². The zero-order valence-electron chi connectivity index (χ0n) is 14.2. The van der Waals surface area contributed by atoms with E-state index >= 15 is 0 Å². The predicted molar refractivity (Wildman–Crippen MR) is 80.1 cm³/mol. The standard InChI is InChI=1S/C15H24N2O6/c1-15(2,3)23-14(20)17-11(13(19)22-5)9-10(7-6-8-16)12(18)21-4/h10-11H,6-7,9H2,1-5H3,(H,17,20). The fraction of sp³-hybridized carbons (Fsp3) is 0.733. The molecule has 0 aromatic carbocycles. The van der Waals surface area contributed by atoms with E-state index in [-0.39, 0.29) is 19.3 Å². The van der Waals surface area contributed by atoms with Crippen molar-refractivity contribution in [3.05, 3.63) is 0 Å². The number of carbonyl (C=O) groups is 3. The minimum atomic E-state index is -1.07. The smallest absolute Gasteiger partial charge is 0.408 e. The molecule has 0 bridgehead atoms. The molecule has 0 spiro atoms. The van der Waals surface area contributed by atoms with E-state index in [2.05, 4.69) is 14.8 Å². The molecule has 0 saturated heterocycles. The van der Waals surface area contributed by atoms with Gasteiger partial charge in [0.2, 0.25) is 0 Å². The van der Waals surface area contributed by atoms with Crippen molar-refractivity contribution in [2.75, 3.05) is 14.2 Å². The van der Waals surface area contributed by atoms with Gasteiger partial charge in [0.15, 0.2) is 0 Å². The first-order valence-electron chi connectivity index (χ1n) is 7.16. The highest BCUT2D eigenvalue weighted by atomic mass is 16.6. The second kappa shape index (κ2) is 9.66. The summed E-state index contributed by atoms with van der Waals surface area (Å²) < 4.78 is 14.4. The molecule has 1 N–H and O–H groups in total. The van der Waals surface area contributed by atoms with Crippen LogP contribution in [0.3, 0.4) is 0 Å². The number of alkyl carbamates (subject to hydrolysis) is 1. The minimum absolute atomic E-state index is 0.0414. The van der Waals surface area contributed by atoms with Crippen LogP contribution in [0.25, 0.3) is 0 Å². The van der Waals surface area contributed by atoms with Crippen LogP contribution in [0.1, 0.15) is 40.0 Å². The lowest BCUT2D eigenvalue weighted by Gasteiger charge is -2.24. The summed E-state index contributed by atoms with van der Waals surface area (Å²) in [5.74, 6) is -1.97. The number of hydrogen-bond acceptors (Lipinski definition) is 7. The normalized spacial score (nSPS) is 13.2. The second-order valence-corrected chi connectivity index (χ2v) is 5.87. The first-order valence-corrected chi connectivity index (χ1v) is 7.16. The van der Waals surface area contributed by atoms with E-state index in [0.29, 0.717) is 0 Å². The maximum Gasteiger partial charge on any atom is 0.408 e. The van der Waals surface area contributed by atoms with E-state index in [1.165, 1.54) is 14.2 Å². The second-order valence-electron chi connectivity index (χ2n) is 5.87. The van der Waals surface area contributed by atoms with Crippen LogP contribution in [0.2, 0.25) is 0 Å².